The van der Waals surface area contributed by atoms with E-state index < -0.39 is 0 Å². The number of hydrogen-bond acceptors (Lipinski definition) is 3. The van der Waals surface area contributed by atoms with Gasteiger partial charge in [0.1, 0.15) is 0 Å². The first-order valence-corrected chi connectivity index (χ1v) is 5.29. The van der Waals surface area contributed by atoms with Crippen LogP contribution in [0.15, 0.2) is 0 Å². The van der Waals surface area contributed by atoms with Crippen LogP contribution < -0.4 is 5.32 Å². The lowest BCUT2D eigenvalue weighted by atomic mass is 9.90. The maximum atomic E-state index is 5.64. The van der Waals surface area contributed by atoms with Crippen molar-refractivity contribution in [1.82, 2.24) is 5.32 Å². The van der Waals surface area contributed by atoms with Gasteiger partial charge in [-0.05, 0) is 12.8 Å². The Morgan fingerprint density at radius 1 is 1.29 bits per heavy atom. The highest BCUT2D eigenvalue weighted by Crippen LogP contribution is 2.35. The molecular formula is C11H17NO2. The third-order valence-corrected chi connectivity index (χ3v) is 3.05. The average molecular weight is 195 g/mol. The molecule has 2 fully saturated rings. The fourth-order valence-electron chi connectivity index (χ4n) is 2.25. The molecular weight excluding hydrogens is 178 g/mol. The highest BCUT2D eigenvalue weighted by atomic mass is 16.7. The van der Waals surface area contributed by atoms with E-state index in [1.165, 1.54) is 0 Å². The number of hydrogen-bond donors (Lipinski definition) is 1. The van der Waals surface area contributed by atoms with E-state index >= 15 is 0 Å². The molecule has 0 unspecified atom stereocenters. The zero-order chi connectivity index (χ0) is 9.86. The molecule has 1 saturated heterocycles. The third kappa shape index (κ3) is 2.09. The summed E-state index contributed by atoms with van der Waals surface area (Å²) in [7, 11) is 0. The van der Waals surface area contributed by atoms with Crippen molar-refractivity contribution in [1.29, 1.82) is 0 Å². The average Bonchev–Trinajstić information content (AvgIpc) is 2.66. The van der Waals surface area contributed by atoms with E-state index in [4.69, 9.17) is 15.9 Å². The summed E-state index contributed by atoms with van der Waals surface area (Å²) in [5.74, 6) is 2.36. The van der Waals surface area contributed by atoms with Crippen LogP contribution >= 0.6 is 0 Å². The molecule has 0 radical (unpaired) electrons. The summed E-state index contributed by atoms with van der Waals surface area (Å²) < 4.78 is 11.3. The Kier molecular flexibility index (Phi) is 3.07. The highest BCUT2D eigenvalue weighted by molar-refractivity contribution is 4.91. The molecule has 0 bridgehead atoms. The van der Waals surface area contributed by atoms with Crippen molar-refractivity contribution < 1.29 is 9.47 Å². The SMILES string of the molecule is C#CCNC1CCC2(CC1)OCCO2. The van der Waals surface area contributed by atoms with Gasteiger partial charge in [0.15, 0.2) is 5.79 Å². The van der Waals surface area contributed by atoms with E-state index in [0.717, 1.165) is 38.9 Å². The van der Waals surface area contributed by atoms with Crippen LogP contribution in [0, 0.1) is 12.3 Å². The van der Waals surface area contributed by atoms with E-state index in [-0.39, 0.29) is 5.79 Å². The van der Waals surface area contributed by atoms with Crippen LogP contribution in [0.4, 0.5) is 0 Å². The zero-order valence-electron chi connectivity index (χ0n) is 8.42. The van der Waals surface area contributed by atoms with Crippen LogP contribution in [0.25, 0.3) is 0 Å². The lowest BCUT2D eigenvalue weighted by Crippen LogP contribution is -2.42. The highest BCUT2D eigenvalue weighted by Gasteiger charge is 2.39. The topological polar surface area (TPSA) is 30.5 Å². The van der Waals surface area contributed by atoms with Gasteiger partial charge in [-0.25, -0.2) is 0 Å². The number of nitrogens with one attached hydrogen (secondary N) is 1. The van der Waals surface area contributed by atoms with Crippen LogP contribution in [0.3, 0.4) is 0 Å². The summed E-state index contributed by atoms with van der Waals surface area (Å²) in [6.07, 6.45) is 9.39. The lowest BCUT2D eigenvalue weighted by molar-refractivity contribution is -0.179. The van der Waals surface area contributed by atoms with Gasteiger partial charge in [-0.1, -0.05) is 5.92 Å². The Balaban J connectivity index is 1.77. The molecule has 3 heteroatoms. The van der Waals surface area contributed by atoms with Crippen molar-refractivity contribution in [2.45, 2.75) is 37.5 Å². The molecule has 1 aliphatic carbocycles. The van der Waals surface area contributed by atoms with E-state index in [2.05, 4.69) is 11.2 Å². The van der Waals surface area contributed by atoms with Crippen LogP contribution in [-0.4, -0.2) is 31.6 Å². The number of ether oxygens (including phenoxy) is 2. The molecule has 1 aliphatic heterocycles. The molecule has 2 aliphatic rings. The standard InChI is InChI=1S/C11H17NO2/c1-2-7-12-10-3-5-11(6-4-10)13-8-9-14-11/h1,10,12H,3-9H2. The van der Waals surface area contributed by atoms with Gasteiger partial charge in [0.2, 0.25) is 0 Å². The lowest BCUT2D eigenvalue weighted by Gasteiger charge is -2.35. The van der Waals surface area contributed by atoms with Crippen molar-refractivity contribution in [3.05, 3.63) is 0 Å². The van der Waals surface area contributed by atoms with Gasteiger partial charge in [0.05, 0.1) is 19.8 Å². The molecule has 3 nitrogen and oxygen atoms in total. The van der Waals surface area contributed by atoms with Gasteiger partial charge in [-0.3, -0.25) is 0 Å². The Hall–Kier alpha value is -0.560. The van der Waals surface area contributed by atoms with Crippen molar-refractivity contribution in [3.63, 3.8) is 0 Å². The summed E-state index contributed by atoms with van der Waals surface area (Å²) in [4.78, 5) is 0. The summed E-state index contributed by atoms with van der Waals surface area (Å²) in [5.41, 5.74) is 0. The molecule has 0 aromatic carbocycles. The maximum absolute atomic E-state index is 5.64. The smallest absolute Gasteiger partial charge is 0.168 e. The van der Waals surface area contributed by atoms with Gasteiger partial charge in [0.25, 0.3) is 0 Å². The van der Waals surface area contributed by atoms with Gasteiger partial charge < -0.3 is 14.8 Å². The quantitative estimate of drug-likeness (QED) is 0.664. The molecule has 0 atom stereocenters. The van der Waals surface area contributed by atoms with Crippen LogP contribution in [-0.2, 0) is 9.47 Å². The Morgan fingerprint density at radius 3 is 2.50 bits per heavy atom. The second kappa shape index (κ2) is 4.31. The molecule has 1 N–H and O–H groups in total. The third-order valence-electron chi connectivity index (χ3n) is 3.05. The monoisotopic (exact) mass is 195 g/mol. The van der Waals surface area contributed by atoms with Gasteiger partial charge in [0, 0.05) is 18.9 Å². The first-order valence-electron chi connectivity index (χ1n) is 5.29. The number of terminal acetylenes is 1. The molecule has 0 aromatic heterocycles. The van der Waals surface area contributed by atoms with Crippen molar-refractivity contribution in [3.8, 4) is 12.3 Å². The van der Waals surface area contributed by atoms with Gasteiger partial charge in [-0.2, -0.15) is 0 Å². The van der Waals surface area contributed by atoms with Crippen LogP contribution in [0.2, 0.25) is 0 Å². The molecule has 1 spiro atoms. The molecule has 14 heavy (non-hydrogen) atoms. The number of rotatable bonds is 2. The minimum atomic E-state index is -0.242. The van der Waals surface area contributed by atoms with Crippen molar-refractivity contribution in [2.24, 2.45) is 0 Å². The Labute approximate surface area is 85.2 Å². The molecule has 78 valence electrons. The van der Waals surface area contributed by atoms with Crippen molar-refractivity contribution in [2.75, 3.05) is 19.8 Å². The zero-order valence-corrected chi connectivity index (χ0v) is 8.42. The largest absolute Gasteiger partial charge is 0.348 e. The second-order valence-corrected chi connectivity index (χ2v) is 3.97. The minimum absolute atomic E-state index is 0.242. The van der Waals surface area contributed by atoms with Crippen molar-refractivity contribution >= 4 is 0 Å². The molecule has 0 amide bonds. The van der Waals surface area contributed by atoms with Gasteiger partial charge in [-0.15, -0.1) is 6.42 Å². The van der Waals surface area contributed by atoms with E-state index in [0.29, 0.717) is 12.6 Å². The first-order chi connectivity index (χ1) is 6.85. The van der Waals surface area contributed by atoms with E-state index in [9.17, 15) is 0 Å². The predicted octanol–water partition coefficient (Wildman–Crippen LogP) is 0.895. The first kappa shape index (κ1) is 9.97. The normalized spacial score (nSPS) is 26.5. The second-order valence-electron chi connectivity index (χ2n) is 3.97. The summed E-state index contributed by atoms with van der Waals surface area (Å²) in [6, 6.07) is 0.546. The van der Waals surface area contributed by atoms with Gasteiger partial charge >= 0.3 is 0 Å². The van der Waals surface area contributed by atoms with E-state index in [1.54, 1.807) is 0 Å². The summed E-state index contributed by atoms with van der Waals surface area (Å²) in [5, 5.41) is 3.33. The summed E-state index contributed by atoms with van der Waals surface area (Å²) >= 11 is 0. The minimum Gasteiger partial charge on any atom is -0.348 e. The fraction of sp³-hybridized carbons (Fsp3) is 0.818. The van der Waals surface area contributed by atoms with E-state index in [1.807, 2.05) is 0 Å². The fourth-order valence-corrected chi connectivity index (χ4v) is 2.25. The molecule has 2 rings (SSSR count). The van der Waals surface area contributed by atoms with Crippen LogP contribution in [0.1, 0.15) is 25.7 Å². The van der Waals surface area contributed by atoms with Crippen LogP contribution in [0.5, 0.6) is 0 Å². The molecule has 1 heterocycles. The Bertz CT molecular complexity index is 218. The molecule has 0 aromatic rings. The maximum Gasteiger partial charge on any atom is 0.168 e. The predicted molar refractivity (Wildman–Crippen MR) is 53.7 cm³/mol. The Morgan fingerprint density at radius 2 is 1.93 bits per heavy atom. The summed E-state index contributed by atoms with van der Waals surface area (Å²) in [6.45, 7) is 2.17. The molecule has 1 saturated carbocycles.